The number of rotatable bonds is 6. The minimum absolute atomic E-state index is 0.155. The summed E-state index contributed by atoms with van der Waals surface area (Å²) in [6, 6.07) is 9.96. The van der Waals surface area contributed by atoms with Crippen LogP contribution in [-0.4, -0.2) is 15.5 Å². The van der Waals surface area contributed by atoms with Gasteiger partial charge in [0.25, 0.3) is 0 Å². The number of fused-ring (bicyclic) bond motifs is 1. The summed E-state index contributed by atoms with van der Waals surface area (Å²) in [5, 5.41) is 8.88. The van der Waals surface area contributed by atoms with Crippen LogP contribution in [0.15, 0.2) is 24.3 Å². The van der Waals surface area contributed by atoms with Crippen LogP contribution in [0.25, 0.3) is 11.0 Å². The lowest BCUT2D eigenvalue weighted by molar-refractivity contribution is -0.121. The second-order valence-electron chi connectivity index (χ2n) is 4.53. The van der Waals surface area contributed by atoms with E-state index >= 15 is 0 Å². The molecule has 0 unspecified atom stereocenters. The molecule has 0 saturated carbocycles. The summed E-state index contributed by atoms with van der Waals surface area (Å²) in [4.78, 5) is 15.5. The number of imidazole rings is 1. The summed E-state index contributed by atoms with van der Waals surface area (Å²) in [6.07, 6.45) is 2.29. The van der Waals surface area contributed by atoms with Gasteiger partial charge in [-0.1, -0.05) is 12.1 Å². The molecular formula is C14H17N5O. The third kappa shape index (κ3) is 3.13. The van der Waals surface area contributed by atoms with Crippen LogP contribution >= 0.6 is 0 Å². The van der Waals surface area contributed by atoms with Crippen LogP contribution in [0.2, 0.25) is 0 Å². The average molecular weight is 271 g/mol. The Balaban J connectivity index is 2.09. The van der Waals surface area contributed by atoms with Crippen LogP contribution in [0.5, 0.6) is 0 Å². The van der Waals surface area contributed by atoms with Crippen LogP contribution < -0.4 is 11.3 Å². The minimum Gasteiger partial charge on any atom is -0.327 e. The van der Waals surface area contributed by atoms with E-state index in [2.05, 4.69) is 21.0 Å². The molecule has 6 nitrogen and oxygen atoms in total. The van der Waals surface area contributed by atoms with Gasteiger partial charge < -0.3 is 4.57 Å². The summed E-state index contributed by atoms with van der Waals surface area (Å²) in [5.41, 5.74) is 4.05. The maximum atomic E-state index is 11.1. The highest BCUT2D eigenvalue weighted by Crippen LogP contribution is 2.17. The van der Waals surface area contributed by atoms with E-state index in [1.54, 1.807) is 0 Å². The molecule has 1 heterocycles. The topological polar surface area (TPSA) is 96.7 Å². The van der Waals surface area contributed by atoms with Crippen molar-refractivity contribution in [3.05, 3.63) is 30.1 Å². The Kier molecular flexibility index (Phi) is 4.69. The van der Waals surface area contributed by atoms with Gasteiger partial charge in [0.1, 0.15) is 5.82 Å². The first-order chi connectivity index (χ1) is 9.76. The van der Waals surface area contributed by atoms with Crippen LogP contribution in [0, 0.1) is 11.3 Å². The number of hydrogen-bond acceptors (Lipinski definition) is 4. The molecular weight excluding hydrogens is 254 g/mol. The van der Waals surface area contributed by atoms with Crippen molar-refractivity contribution >= 4 is 16.9 Å². The molecule has 0 spiro atoms. The van der Waals surface area contributed by atoms with Crippen LogP contribution in [-0.2, 0) is 17.8 Å². The monoisotopic (exact) mass is 271 g/mol. The number of aryl methyl sites for hydroxylation is 1. The Morgan fingerprint density at radius 1 is 1.40 bits per heavy atom. The Bertz CT molecular complexity index is 641. The number of carbonyl (C=O) groups is 1. The largest absolute Gasteiger partial charge is 0.327 e. The lowest BCUT2D eigenvalue weighted by atomic mass is 10.2. The van der Waals surface area contributed by atoms with Crippen molar-refractivity contribution in [3.63, 3.8) is 0 Å². The predicted octanol–water partition coefficient (Wildman–Crippen LogP) is 1.26. The number of para-hydroxylation sites is 2. The first-order valence-electron chi connectivity index (χ1n) is 6.57. The van der Waals surface area contributed by atoms with E-state index in [-0.39, 0.29) is 12.3 Å². The van der Waals surface area contributed by atoms with Gasteiger partial charge in [-0.2, -0.15) is 5.26 Å². The third-order valence-electron chi connectivity index (χ3n) is 3.17. The van der Waals surface area contributed by atoms with Crippen molar-refractivity contribution in [3.8, 4) is 6.07 Å². The number of nitrogens with one attached hydrogen (secondary N) is 1. The SMILES string of the molecule is N#CCc1nc2ccccc2n1CCCCC(=O)NN. The number of hydrogen-bond donors (Lipinski definition) is 2. The predicted molar refractivity (Wildman–Crippen MR) is 75.2 cm³/mol. The molecule has 0 atom stereocenters. The molecule has 0 aliphatic heterocycles. The zero-order valence-electron chi connectivity index (χ0n) is 11.2. The molecule has 0 bridgehead atoms. The number of carbonyl (C=O) groups excluding carboxylic acids is 1. The Labute approximate surface area is 117 Å². The molecule has 3 N–H and O–H groups in total. The zero-order chi connectivity index (χ0) is 14.4. The van der Waals surface area contributed by atoms with E-state index in [9.17, 15) is 4.79 Å². The number of benzene rings is 1. The minimum atomic E-state index is -0.155. The molecule has 0 fully saturated rings. The first kappa shape index (κ1) is 14.0. The fourth-order valence-electron chi connectivity index (χ4n) is 2.21. The number of nitrogens with two attached hydrogens (primary N) is 1. The lowest BCUT2D eigenvalue weighted by Crippen LogP contribution is -2.29. The quantitative estimate of drug-likeness (QED) is 0.358. The second-order valence-corrected chi connectivity index (χ2v) is 4.53. The highest BCUT2D eigenvalue weighted by molar-refractivity contribution is 5.76. The summed E-state index contributed by atoms with van der Waals surface area (Å²) in [7, 11) is 0. The molecule has 2 aromatic rings. The fraction of sp³-hybridized carbons (Fsp3) is 0.357. The molecule has 1 aromatic heterocycles. The number of aromatic nitrogens is 2. The summed E-state index contributed by atoms with van der Waals surface area (Å²) in [5.74, 6) is 5.66. The smallest absolute Gasteiger partial charge is 0.233 e. The van der Waals surface area contributed by atoms with Gasteiger partial charge in [0.15, 0.2) is 0 Å². The van der Waals surface area contributed by atoms with Crippen molar-refractivity contribution in [2.45, 2.75) is 32.2 Å². The molecule has 0 radical (unpaired) electrons. The van der Waals surface area contributed by atoms with Gasteiger partial charge in [0.2, 0.25) is 5.91 Å². The summed E-state index contributed by atoms with van der Waals surface area (Å²) >= 11 is 0. The zero-order valence-corrected chi connectivity index (χ0v) is 11.2. The van der Waals surface area contributed by atoms with Gasteiger partial charge in [-0.3, -0.25) is 10.2 Å². The van der Waals surface area contributed by atoms with Gasteiger partial charge in [-0.25, -0.2) is 10.8 Å². The highest BCUT2D eigenvalue weighted by atomic mass is 16.2. The Hall–Kier alpha value is -2.39. The van der Waals surface area contributed by atoms with Crippen molar-refractivity contribution in [1.29, 1.82) is 5.26 Å². The van der Waals surface area contributed by atoms with E-state index in [0.717, 1.165) is 36.2 Å². The molecule has 1 amide bonds. The number of hydrazine groups is 1. The number of unbranched alkanes of at least 4 members (excludes halogenated alkanes) is 1. The average Bonchev–Trinajstić information content (AvgIpc) is 2.81. The van der Waals surface area contributed by atoms with Gasteiger partial charge in [-0.05, 0) is 25.0 Å². The number of nitriles is 1. The van der Waals surface area contributed by atoms with Crippen LogP contribution in [0.4, 0.5) is 0 Å². The van der Waals surface area contributed by atoms with Crippen molar-refractivity contribution in [1.82, 2.24) is 15.0 Å². The molecule has 6 heteroatoms. The van der Waals surface area contributed by atoms with Gasteiger partial charge >= 0.3 is 0 Å². The molecule has 0 aliphatic rings. The molecule has 104 valence electrons. The first-order valence-corrected chi connectivity index (χ1v) is 6.57. The molecule has 20 heavy (non-hydrogen) atoms. The molecule has 0 aliphatic carbocycles. The maximum absolute atomic E-state index is 11.1. The van der Waals surface area contributed by atoms with Crippen molar-refractivity contribution in [2.75, 3.05) is 0 Å². The van der Waals surface area contributed by atoms with E-state index in [1.165, 1.54) is 0 Å². The molecule has 0 saturated heterocycles. The maximum Gasteiger partial charge on any atom is 0.233 e. The van der Waals surface area contributed by atoms with Crippen LogP contribution in [0.3, 0.4) is 0 Å². The van der Waals surface area contributed by atoms with E-state index in [4.69, 9.17) is 11.1 Å². The summed E-state index contributed by atoms with van der Waals surface area (Å²) < 4.78 is 2.05. The Morgan fingerprint density at radius 2 is 2.20 bits per heavy atom. The molecule has 1 aromatic carbocycles. The fourth-order valence-corrected chi connectivity index (χ4v) is 2.21. The van der Waals surface area contributed by atoms with Crippen molar-refractivity contribution < 1.29 is 4.79 Å². The van der Waals surface area contributed by atoms with E-state index in [1.807, 2.05) is 24.3 Å². The highest BCUT2D eigenvalue weighted by Gasteiger charge is 2.09. The van der Waals surface area contributed by atoms with Crippen molar-refractivity contribution in [2.24, 2.45) is 5.84 Å². The number of amides is 1. The molecule has 2 rings (SSSR count). The third-order valence-corrected chi connectivity index (χ3v) is 3.17. The summed E-state index contributed by atoms with van der Waals surface area (Å²) in [6.45, 7) is 0.745. The van der Waals surface area contributed by atoms with Crippen LogP contribution in [0.1, 0.15) is 25.1 Å². The normalized spacial score (nSPS) is 10.4. The second kappa shape index (κ2) is 6.68. The lowest BCUT2D eigenvalue weighted by Gasteiger charge is -2.07. The Morgan fingerprint density at radius 3 is 2.95 bits per heavy atom. The van der Waals surface area contributed by atoms with Gasteiger partial charge in [-0.15, -0.1) is 0 Å². The van der Waals surface area contributed by atoms with Gasteiger partial charge in [0.05, 0.1) is 23.5 Å². The van der Waals surface area contributed by atoms with E-state index in [0.29, 0.717) is 6.42 Å². The number of nitrogens with zero attached hydrogens (tertiary/aromatic N) is 3. The van der Waals surface area contributed by atoms with Gasteiger partial charge in [0, 0.05) is 13.0 Å². The standard InChI is InChI=1S/C14H17N5O/c15-9-8-13-17-11-5-1-2-6-12(11)19(13)10-4-3-7-14(20)18-16/h1-2,5-6H,3-4,7-8,10,16H2,(H,18,20). The van der Waals surface area contributed by atoms with E-state index < -0.39 is 0 Å².